The zero-order chi connectivity index (χ0) is 24.4. The summed E-state index contributed by atoms with van der Waals surface area (Å²) >= 11 is 0. The molecule has 35 heavy (non-hydrogen) atoms. The van der Waals surface area contributed by atoms with Crippen LogP contribution < -0.4 is 5.48 Å². The van der Waals surface area contributed by atoms with Gasteiger partial charge in [0.05, 0.1) is 11.6 Å². The van der Waals surface area contributed by atoms with Crippen molar-refractivity contribution in [2.24, 2.45) is 0 Å². The van der Waals surface area contributed by atoms with Gasteiger partial charge in [-0.1, -0.05) is 97.8 Å². The highest BCUT2D eigenvalue weighted by Crippen LogP contribution is 2.42. The van der Waals surface area contributed by atoms with Crippen molar-refractivity contribution in [3.63, 3.8) is 0 Å². The van der Waals surface area contributed by atoms with Crippen LogP contribution in [0.15, 0.2) is 91.0 Å². The molecule has 0 aliphatic rings. The monoisotopic (exact) mass is 462 g/mol. The molecule has 4 heteroatoms. The summed E-state index contributed by atoms with van der Waals surface area (Å²) in [7, 11) is 0. The minimum atomic E-state index is -0.655. The van der Waals surface area contributed by atoms with Gasteiger partial charge >= 0.3 is 0 Å². The summed E-state index contributed by atoms with van der Waals surface area (Å²) in [6.45, 7) is 5.14. The first-order valence-corrected chi connectivity index (χ1v) is 12.2. The molecule has 0 fully saturated rings. The van der Waals surface area contributed by atoms with E-state index in [-0.39, 0.29) is 0 Å². The number of unbranched alkanes of at least 4 members (excludes halogenated alkanes) is 1. The molecule has 0 bridgehead atoms. The van der Waals surface area contributed by atoms with Crippen LogP contribution in [0.2, 0.25) is 0 Å². The van der Waals surface area contributed by atoms with Gasteiger partial charge in [0.25, 0.3) is 5.91 Å². The number of aromatic nitrogens is 1. The Labute approximate surface area is 205 Å². The Kier molecular flexibility index (Phi) is 6.39. The number of para-hydroxylation sites is 1. The fourth-order valence-corrected chi connectivity index (χ4v) is 5.15. The molecule has 0 saturated carbocycles. The highest BCUT2D eigenvalue weighted by atomic mass is 16.5. The normalized spacial score (nSPS) is 12.2. The number of hydrogen-bond acceptors (Lipinski definition) is 2. The molecule has 176 valence electrons. The van der Waals surface area contributed by atoms with Crippen molar-refractivity contribution >= 4 is 27.6 Å². The Balaban J connectivity index is 1.86. The van der Waals surface area contributed by atoms with Gasteiger partial charge in [0, 0.05) is 23.0 Å². The molecule has 0 saturated heterocycles. The van der Waals surface area contributed by atoms with Crippen LogP contribution in [0.25, 0.3) is 32.9 Å². The van der Waals surface area contributed by atoms with Gasteiger partial charge in [-0.2, -0.15) is 0 Å². The van der Waals surface area contributed by atoms with Gasteiger partial charge in [-0.15, -0.1) is 0 Å². The maximum atomic E-state index is 13.2. The first-order chi connectivity index (χ1) is 17.1. The largest absolute Gasteiger partial charge is 0.340 e. The Morgan fingerprint density at radius 2 is 1.63 bits per heavy atom. The molecule has 1 unspecified atom stereocenters. The van der Waals surface area contributed by atoms with Crippen LogP contribution in [-0.2, 0) is 11.3 Å². The van der Waals surface area contributed by atoms with Crippen LogP contribution in [0.3, 0.4) is 0 Å². The summed E-state index contributed by atoms with van der Waals surface area (Å²) in [4.78, 5) is 13.2. The fraction of sp³-hybridized carbons (Fsp3) is 0.194. The van der Waals surface area contributed by atoms with E-state index in [1.54, 1.807) is 0 Å². The van der Waals surface area contributed by atoms with Crippen molar-refractivity contribution in [2.45, 2.75) is 39.2 Å². The number of amides is 1. The average Bonchev–Trinajstić information content (AvgIpc) is 3.21. The summed E-state index contributed by atoms with van der Waals surface area (Å²) in [6.07, 6.45) is 2.09. The molecule has 0 radical (unpaired) electrons. The van der Waals surface area contributed by atoms with E-state index in [0.717, 1.165) is 58.1 Å². The maximum absolute atomic E-state index is 13.2. The predicted molar refractivity (Wildman–Crippen MR) is 143 cm³/mol. The van der Waals surface area contributed by atoms with Crippen molar-refractivity contribution in [3.8, 4) is 11.3 Å². The Hall–Kier alpha value is -3.89. The lowest BCUT2D eigenvalue weighted by Gasteiger charge is -2.19. The molecular formula is C31H30N2O2. The van der Waals surface area contributed by atoms with Crippen LogP contribution in [0, 0.1) is 6.92 Å². The van der Waals surface area contributed by atoms with Crippen LogP contribution in [0.5, 0.6) is 0 Å². The number of fused-ring (bicyclic) bond motifs is 2. The lowest BCUT2D eigenvalue weighted by molar-refractivity contribution is -0.129. The van der Waals surface area contributed by atoms with E-state index in [4.69, 9.17) is 0 Å². The molecule has 1 heterocycles. The van der Waals surface area contributed by atoms with Crippen molar-refractivity contribution in [1.82, 2.24) is 10.0 Å². The van der Waals surface area contributed by atoms with Crippen molar-refractivity contribution in [2.75, 3.05) is 0 Å². The van der Waals surface area contributed by atoms with Crippen molar-refractivity contribution in [1.29, 1.82) is 0 Å². The highest BCUT2D eigenvalue weighted by Gasteiger charge is 2.31. The van der Waals surface area contributed by atoms with E-state index in [9.17, 15) is 10.0 Å². The molecule has 4 nitrogen and oxygen atoms in total. The SMILES string of the molecule is CCCCn1c(-c2ccc3cc(C)ccc3c2)c(C(C(=O)NO)c2ccccc2)c2ccccc21. The average molecular weight is 463 g/mol. The topological polar surface area (TPSA) is 54.3 Å². The minimum absolute atomic E-state index is 0.438. The van der Waals surface area contributed by atoms with Crippen LogP contribution in [0.4, 0.5) is 0 Å². The number of carbonyl (C=O) groups is 1. The van der Waals surface area contributed by atoms with Crippen molar-refractivity contribution < 1.29 is 10.0 Å². The van der Waals surface area contributed by atoms with Gasteiger partial charge in [-0.05, 0) is 47.4 Å². The zero-order valence-corrected chi connectivity index (χ0v) is 20.2. The Bertz CT molecular complexity index is 1500. The molecule has 1 atom stereocenters. The Morgan fingerprint density at radius 3 is 2.40 bits per heavy atom. The third kappa shape index (κ3) is 4.22. The fourth-order valence-electron chi connectivity index (χ4n) is 5.15. The molecule has 0 aliphatic carbocycles. The quantitative estimate of drug-likeness (QED) is 0.198. The van der Waals surface area contributed by atoms with Gasteiger partial charge in [-0.3, -0.25) is 10.0 Å². The first-order valence-electron chi connectivity index (χ1n) is 12.2. The van der Waals surface area contributed by atoms with E-state index < -0.39 is 11.8 Å². The number of benzene rings is 4. The second-order valence-electron chi connectivity index (χ2n) is 9.17. The first kappa shape index (κ1) is 22.9. The van der Waals surface area contributed by atoms with Crippen molar-refractivity contribution in [3.05, 3.63) is 108 Å². The summed E-state index contributed by atoms with van der Waals surface area (Å²) in [6, 6.07) is 31.0. The molecule has 2 N–H and O–H groups in total. The third-order valence-electron chi connectivity index (χ3n) is 6.81. The number of hydrogen-bond donors (Lipinski definition) is 2. The van der Waals surface area contributed by atoms with E-state index >= 15 is 0 Å². The second kappa shape index (κ2) is 9.77. The van der Waals surface area contributed by atoms with E-state index in [1.165, 1.54) is 10.9 Å². The number of nitrogens with zero attached hydrogens (tertiary/aromatic N) is 1. The molecule has 1 amide bonds. The second-order valence-corrected chi connectivity index (χ2v) is 9.17. The minimum Gasteiger partial charge on any atom is -0.340 e. The zero-order valence-electron chi connectivity index (χ0n) is 20.2. The highest BCUT2D eigenvalue weighted by molar-refractivity contribution is 6.01. The summed E-state index contributed by atoms with van der Waals surface area (Å²) < 4.78 is 2.35. The molecule has 5 aromatic rings. The number of rotatable bonds is 7. The standard InChI is InChI=1S/C31H30N2O2/c1-3-4-18-33-27-13-9-8-12-26(27)29(28(31(34)32-35)22-10-6-5-7-11-22)30(33)25-17-16-23-19-21(2)14-15-24(23)20-25/h5-17,19-20,28,35H,3-4,18H2,1-2H3,(H,32,34). The van der Waals surface area contributed by atoms with Gasteiger partial charge in [0.2, 0.25) is 0 Å². The molecular weight excluding hydrogens is 432 g/mol. The van der Waals surface area contributed by atoms with Gasteiger partial charge in [0.1, 0.15) is 0 Å². The van der Waals surface area contributed by atoms with Crippen LogP contribution >= 0.6 is 0 Å². The third-order valence-corrected chi connectivity index (χ3v) is 6.81. The Morgan fingerprint density at radius 1 is 0.914 bits per heavy atom. The van der Waals surface area contributed by atoms with Gasteiger partial charge in [-0.25, -0.2) is 5.48 Å². The molecule has 5 rings (SSSR count). The smallest absolute Gasteiger partial charge is 0.255 e. The molecule has 4 aromatic carbocycles. The number of carbonyl (C=O) groups excluding carboxylic acids is 1. The van der Waals surface area contributed by atoms with Crippen LogP contribution in [0.1, 0.15) is 42.4 Å². The van der Waals surface area contributed by atoms with E-state index in [2.05, 4.69) is 66.9 Å². The summed E-state index contributed by atoms with van der Waals surface area (Å²) in [5, 5.41) is 13.2. The molecule has 0 spiro atoms. The van der Waals surface area contributed by atoms with E-state index in [0.29, 0.717) is 0 Å². The number of aryl methyl sites for hydroxylation is 2. The van der Waals surface area contributed by atoms with Gasteiger partial charge < -0.3 is 4.57 Å². The van der Waals surface area contributed by atoms with Gasteiger partial charge in [0.15, 0.2) is 0 Å². The number of nitrogens with one attached hydrogen (secondary N) is 1. The molecule has 0 aliphatic heterocycles. The van der Waals surface area contributed by atoms with Crippen LogP contribution in [-0.4, -0.2) is 15.7 Å². The summed E-state index contributed by atoms with van der Waals surface area (Å²) in [5.74, 6) is -1.09. The lowest BCUT2D eigenvalue weighted by atomic mass is 9.86. The number of hydroxylamine groups is 1. The molecule has 1 aromatic heterocycles. The summed E-state index contributed by atoms with van der Waals surface area (Å²) in [5.41, 5.74) is 8.13. The maximum Gasteiger partial charge on any atom is 0.255 e. The predicted octanol–water partition coefficient (Wildman–Crippen LogP) is 7.21. The van der Waals surface area contributed by atoms with E-state index in [1.807, 2.05) is 47.9 Å². The lowest BCUT2D eigenvalue weighted by Crippen LogP contribution is -2.27.